The molecule has 2 aromatic rings. The van der Waals surface area contributed by atoms with Crippen LogP contribution in [0.15, 0.2) is 48.5 Å². The fraction of sp³-hybridized carbons (Fsp3) is 0.333. The number of fused-ring (bicyclic) bond motifs is 1. The van der Waals surface area contributed by atoms with Gasteiger partial charge in [-0.3, -0.25) is 9.59 Å². The van der Waals surface area contributed by atoms with E-state index in [1.807, 2.05) is 48.5 Å². The third kappa shape index (κ3) is 6.02. The van der Waals surface area contributed by atoms with Crippen LogP contribution in [-0.2, 0) is 27.2 Å². The van der Waals surface area contributed by atoms with E-state index in [4.69, 9.17) is 14.2 Å². The van der Waals surface area contributed by atoms with Gasteiger partial charge in [-0.05, 0) is 36.1 Å². The molecule has 0 atom stereocenters. The number of hydrogen-bond donors (Lipinski definition) is 1. The molecule has 0 bridgehead atoms. The van der Waals surface area contributed by atoms with Crippen LogP contribution in [0.5, 0.6) is 11.5 Å². The van der Waals surface area contributed by atoms with Crippen molar-refractivity contribution in [3.8, 4) is 11.5 Å². The smallest absolute Gasteiger partial charge is 0.306 e. The summed E-state index contributed by atoms with van der Waals surface area (Å²) in [6.07, 6.45) is 1.52. The second-order valence-electron chi connectivity index (χ2n) is 6.22. The van der Waals surface area contributed by atoms with Crippen molar-refractivity contribution < 1.29 is 23.8 Å². The maximum atomic E-state index is 11.8. The van der Waals surface area contributed by atoms with Gasteiger partial charge in [0.15, 0.2) is 18.1 Å². The highest BCUT2D eigenvalue weighted by atomic mass is 16.6. The van der Waals surface area contributed by atoms with Crippen LogP contribution in [0.25, 0.3) is 0 Å². The lowest BCUT2D eigenvalue weighted by atomic mass is 10.1. The van der Waals surface area contributed by atoms with E-state index in [2.05, 4.69) is 5.32 Å². The first-order valence-electron chi connectivity index (χ1n) is 9.05. The third-order valence-electron chi connectivity index (χ3n) is 4.17. The molecule has 2 aromatic carbocycles. The van der Waals surface area contributed by atoms with Gasteiger partial charge in [-0.2, -0.15) is 0 Å². The molecule has 3 rings (SSSR count). The Morgan fingerprint density at radius 1 is 0.926 bits per heavy atom. The van der Waals surface area contributed by atoms with E-state index in [0.29, 0.717) is 32.6 Å². The Labute approximate surface area is 158 Å². The first kappa shape index (κ1) is 18.8. The average Bonchev–Trinajstić information content (AvgIpc) is 2.71. The highest BCUT2D eigenvalue weighted by Gasteiger charge is 2.12. The fourth-order valence-corrected chi connectivity index (χ4v) is 2.75. The third-order valence-corrected chi connectivity index (χ3v) is 4.17. The molecule has 0 unspecified atom stereocenters. The second kappa shape index (κ2) is 9.62. The zero-order chi connectivity index (χ0) is 18.9. The lowest BCUT2D eigenvalue weighted by Crippen LogP contribution is -2.30. The molecule has 6 heteroatoms. The molecule has 0 fully saturated rings. The molecule has 27 heavy (non-hydrogen) atoms. The summed E-state index contributed by atoms with van der Waals surface area (Å²) in [5.74, 6) is 0.801. The maximum absolute atomic E-state index is 11.8. The van der Waals surface area contributed by atoms with Gasteiger partial charge in [0.25, 0.3) is 5.91 Å². The number of esters is 1. The molecule has 0 aromatic heterocycles. The predicted molar refractivity (Wildman–Crippen MR) is 99.9 cm³/mol. The molecule has 0 saturated heterocycles. The van der Waals surface area contributed by atoms with E-state index in [0.717, 1.165) is 22.6 Å². The van der Waals surface area contributed by atoms with E-state index < -0.39 is 0 Å². The molecule has 0 spiro atoms. The topological polar surface area (TPSA) is 73.9 Å². The van der Waals surface area contributed by atoms with Crippen LogP contribution < -0.4 is 14.8 Å². The molecule has 0 aliphatic carbocycles. The molecule has 1 N–H and O–H groups in total. The minimum Gasteiger partial charge on any atom is -0.486 e. The van der Waals surface area contributed by atoms with Crippen molar-refractivity contribution >= 4 is 11.9 Å². The molecule has 0 saturated carbocycles. The standard InChI is InChI=1S/C21H23NO5/c23-20(15-27-21(24)9-7-16-4-2-1-3-5-16)22-11-10-17-6-8-18-19(14-17)26-13-12-25-18/h1-6,8,14H,7,9-13,15H2,(H,22,23). The Kier molecular flexibility index (Phi) is 6.68. The van der Waals surface area contributed by atoms with Crippen molar-refractivity contribution in [3.05, 3.63) is 59.7 Å². The monoisotopic (exact) mass is 369 g/mol. The number of amides is 1. The number of ether oxygens (including phenoxy) is 3. The highest BCUT2D eigenvalue weighted by Crippen LogP contribution is 2.30. The van der Waals surface area contributed by atoms with Crippen LogP contribution in [0.4, 0.5) is 0 Å². The van der Waals surface area contributed by atoms with Crippen molar-refractivity contribution in [2.75, 3.05) is 26.4 Å². The number of aryl methyl sites for hydroxylation is 1. The minimum atomic E-state index is -0.374. The van der Waals surface area contributed by atoms with Crippen LogP contribution in [0.3, 0.4) is 0 Å². The fourth-order valence-electron chi connectivity index (χ4n) is 2.75. The normalized spacial score (nSPS) is 12.3. The zero-order valence-electron chi connectivity index (χ0n) is 15.1. The first-order valence-corrected chi connectivity index (χ1v) is 9.05. The molecule has 142 valence electrons. The van der Waals surface area contributed by atoms with Gasteiger partial charge in [0, 0.05) is 13.0 Å². The number of rotatable bonds is 8. The molecule has 1 aliphatic rings. The first-order chi connectivity index (χ1) is 13.2. The number of nitrogens with one attached hydrogen (secondary N) is 1. The minimum absolute atomic E-state index is 0.255. The summed E-state index contributed by atoms with van der Waals surface area (Å²) in [5, 5.41) is 2.75. The Morgan fingerprint density at radius 3 is 2.52 bits per heavy atom. The molecule has 1 heterocycles. The SMILES string of the molecule is O=C(COC(=O)CCc1ccccc1)NCCc1ccc2c(c1)OCCO2. The van der Waals surface area contributed by atoms with E-state index in [-0.39, 0.29) is 24.9 Å². The van der Waals surface area contributed by atoms with Gasteiger partial charge in [0.05, 0.1) is 0 Å². The van der Waals surface area contributed by atoms with Gasteiger partial charge in [-0.25, -0.2) is 0 Å². The maximum Gasteiger partial charge on any atom is 0.306 e. The quantitative estimate of drug-likeness (QED) is 0.723. The van der Waals surface area contributed by atoms with Crippen molar-refractivity contribution in [1.82, 2.24) is 5.32 Å². The molecular formula is C21H23NO5. The van der Waals surface area contributed by atoms with E-state index >= 15 is 0 Å². The summed E-state index contributed by atoms with van der Waals surface area (Å²) < 4.78 is 16.0. The Balaban J connectivity index is 1.32. The number of carbonyl (C=O) groups excluding carboxylic acids is 2. The van der Waals surface area contributed by atoms with Gasteiger partial charge >= 0.3 is 5.97 Å². The van der Waals surface area contributed by atoms with Gasteiger partial charge < -0.3 is 19.5 Å². The van der Waals surface area contributed by atoms with Crippen molar-refractivity contribution in [1.29, 1.82) is 0 Å². The summed E-state index contributed by atoms with van der Waals surface area (Å²) in [7, 11) is 0. The van der Waals surface area contributed by atoms with Gasteiger partial charge in [-0.1, -0.05) is 36.4 Å². The predicted octanol–water partition coefficient (Wildman–Crippen LogP) is 2.29. The number of benzene rings is 2. The van der Waals surface area contributed by atoms with Crippen molar-refractivity contribution in [2.45, 2.75) is 19.3 Å². The van der Waals surface area contributed by atoms with Crippen molar-refractivity contribution in [3.63, 3.8) is 0 Å². The van der Waals surface area contributed by atoms with E-state index in [1.54, 1.807) is 0 Å². The van der Waals surface area contributed by atoms with Crippen LogP contribution >= 0.6 is 0 Å². The second-order valence-corrected chi connectivity index (χ2v) is 6.22. The largest absolute Gasteiger partial charge is 0.486 e. The number of carbonyl (C=O) groups is 2. The lowest BCUT2D eigenvalue weighted by molar-refractivity contribution is -0.148. The molecule has 1 amide bonds. The summed E-state index contributed by atoms with van der Waals surface area (Å²) in [4.78, 5) is 23.5. The van der Waals surface area contributed by atoms with E-state index in [9.17, 15) is 9.59 Å². The zero-order valence-corrected chi connectivity index (χ0v) is 15.1. The molecule has 0 radical (unpaired) electrons. The molecular weight excluding hydrogens is 346 g/mol. The van der Waals surface area contributed by atoms with E-state index in [1.165, 1.54) is 0 Å². The summed E-state index contributed by atoms with van der Waals surface area (Å²) in [6.45, 7) is 1.31. The Bertz CT molecular complexity index is 775. The van der Waals surface area contributed by atoms with Crippen LogP contribution in [0.1, 0.15) is 17.5 Å². The highest BCUT2D eigenvalue weighted by molar-refractivity contribution is 5.80. The Morgan fingerprint density at radius 2 is 1.70 bits per heavy atom. The average molecular weight is 369 g/mol. The van der Waals surface area contributed by atoms with Gasteiger partial charge in [-0.15, -0.1) is 0 Å². The van der Waals surface area contributed by atoms with Crippen molar-refractivity contribution in [2.24, 2.45) is 0 Å². The van der Waals surface area contributed by atoms with Gasteiger partial charge in [0.1, 0.15) is 13.2 Å². The van der Waals surface area contributed by atoms with Crippen LogP contribution in [0.2, 0.25) is 0 Å². The molecule has 1 aliphatic heterocycles. The van der Waals surface area contributed by atoms with Gasteiger partial charge in [0.2, 0.25) is 0 Å². The summed E-state index contributed by atoms with van der Waals surface area (Å²) in [6, 6.07) is 15.4. The molecule has 6 nitrogen and oxygen atoms in total. The summed E-state index contributed by atoms with van der Waals surface area (Å²) in [5.41, 5.74) is 2.11. The Hall–Kier alpha value is -3.02. The lowest BCUT2D eigenvalue weighted by Gasteiger charge is -2.18. The number of hydrogen-bond acceptors (Lipinski definition) is 5. The van der Waals surface area contributed by atoms with Crippen LogP contribution in [-0.4, -0.2) is 38.2 Å². The van der Waals surface area contributed by atoms with Crippen LogP contribution in [0, 0.1) is 0 Å². The summed E-state index contributed by atoms with van der Waals surface area (Å²) >= 11 is 0.